The molecular weight excluding hydrogens is 268 g/mol. The first-order chi connectivity index (χ1) is 9.60. The van der Waals surface area contributed by atoms with E-state index in [1.807, 2.05) is 0 Å². The molecule has 2 rings (SSSR count). The van der Waals surface area contributed by atoms with Gasteiger partial charge in [0.2, 0.25) is 0 Å². The molecule has 7 heteroatoms. The number of halogens is 2. The molecule has 1 aromatic heterocycles. The molecule has 0 spiro atoms. The molecule has 0 radical (unpaired) electrons. The number of ether oxygens (including phenoxy) is 2. The van der Waals surface area contributed by atoms with Crippen molar-refractivity contribution in [3.8, 4) is 22.8 Å². The molecule has 20 heavy (non-hydrogen) atoms. The zero-order valence-corrected chi connectivity index (χ0v) is 10.7. The lowest BCUT2D eigenvalue weighted by Crippen LogP contribution is -2.04. The van der Waals surface area contributed by atoms with E-state index in [4.69, 9.17) is 10.5 Å². The molecular formula is C13H13F2N3O2. The van der Waals surface area contributed by atoms with E-state index in [1.165, 1.54) is 6.07 Å². The van der Waals surface area contributed by atoms with Gasteiger partial charge in [0, 0.05) is 5.56 Å². The zero-order chi connectivity index (χ0) is 14.5. The predicted molar refractivity (Wildman–Crippen MR) is 69.7 cm³/mol. The Morgan fingerprint density at radius 2 is 1.95 bits per heavy atom. The van der Waals surface area contributed by atoms with Crippen LogP contribution in [0.25, 0.3) is 11.3 Å². The van der Waals surface area contributed by atoms with Crippen molar-refractivity contribution in [3.63, 3.8) is 0 Å². The van der Waals surface area contributed by atoms with Crippen LogP contribution in [0.3, 0.4) is 0 Å². The van der Waals surface area contributed by atoms with Crippen LogP contribution in [0.1, 0.15) is 6.92 Å². The minimum Gasteiger partial charge on any atom is -0.490 e. The number of nitrogens with zero attached hydrogens (tertiary/aromatic N) is 2. The molecule has 5 nitrogen and oxygen atoms in total. The maximum atomic E-state index is 12.3. The van der Waals surface area contributed by atoms with Gasteiger partial charge in [0.05, 0.1) is 12.3 Å². The van der Waals surface area contributed by atoms with Crippen LogP contribution in [0.2, 0.25) is 0 Å². The molecule has 0 bridgehead atoms. The molecule has 0 aliphatic heterocycles. The Morgan fingerprint density at radius 1 is 1.15 bits per heavy atom. The maximum Gasteiger partial charge on any atom is 0.387 e. The summed E-state index contributed by atoms with van der Waals surface area (Å²) < 4.78 is 34.3. The van der Waals surface area contributed by atoms with E-state index in [9.17, 15) is 8.78 Å². The molecule has 106 valence electrons. The second-order valence-corrected chi connectivity index (χ2v) is 3.82. The summed E-state index contributed by atoms with van der Waals surface area (Å²) in [5.41, 5.74) is 6.69. The molecule has 0 saturated heterocycles. The van der Waals surface area contributed by atoms with Crippen molar-refractivity contribution in [2.24, 2.45) is 0 Å². The fourth-order valence-corrected chi connectivity index (χ4v) is 1.63. The normalized spacial score (nSPS) is 10.6. The molecule has 0 fully saturated rings. The lowest BCUT2D eigenvalue weighted by molar-refractivity contribution is -0.0514. The first-order valence-corrected chi connectivity index (χ1v) is 5.91. The van der Waals surface area contributed by atoms with Gasteiger partial charge in [-0.2, -0.15) is 8.78 Å². The lowest BCUT2D eigenvalue weighted by atomic mass is 10.1. The van der Waals surface area contributed by atoms with Crippen LogP contribution in [0.5, 0.6) is 11.5 Å². The first kappa shape index (κ1) is 14.0. The third kappa shape index (κ3) is 3.31. The highest BCUT2D eigenvalue weighted by Gasteiger charge is 2.12. The average molecular weight is 281 g/mol. The molecule has 1 heterocycles. The number of aromatic nitrogens is 2. The summed E-state index contributed by atoms with van der Waals surface area (Å²) in [5, 5.41) is 7.66. The van der Waals surface area contributed by atoms with Gasteiger partial charge in [0.15, 0.2) is 11.5 Å². The van der Waals surface area contributed by atoms with Gasteiger partial charge in [-0.1, -0.05) is 0 Å². The molecule has 2 N–H and O–H groups in total. The topological polar surface area (TPSA) is 70.3 Å². The summed E-state index contributed by atoms with van der Waals surface area (Å²) in [6.45, 7) is -0.824. The van der Waals surface area contributed by atoms with Gasteiger partial charge in [-0.05, 0) is 37.3 Å². The molecule has 0 saturated carbocycles. The van der Waals surface area contributed by atoms with Crippen LogP contribution >= 0.6 is 0 Å². The minimum atomic E-state index is -2.91. The summed E-state index contributed by atoms with van der Waals surface area (Å²) in [4.78, 5) is 0. The second kappa shape index (κ2) is 6.14. The van der Waals surface area contributed by atoms with Crippen molar-refractivity contribution in [1.82, 2.24) is 10.2 Å². The Labute approximate surface area is 114 Å². The number of nitrogen functional groups attached to an aromatic ring is 1. The molecule has 0 aliphatic carbocycles. The maximum absolute atomic E-state index is 12.3. The van der Waals surface area contributed by atoms with Crippen molar-refractivity contribution >= 4 is 5.82 Å². The number of anilines is 1. The van der Waals surface area contributed by atoms with Gasteiger partial charge in [-0.3, -0.25) is 0 Å². The van der Waals surface area contributed by atoms with E-state index in [1.54, 1.807) is 31.2 Å². The highest BCUT2D eigenvalue weighted by Crippen LogP contribution is 2.33. The van der Waals surface area contributed by atoms with Gasteiger partial charge in [-0.15, -0.1) is 10.2 Å². The SMILES string of the molecule is CCOc1cc(-c2ccc(N)nn2)ccc1OC(F)F. The number of hydrogen-bond donors (Lipinski definition) is 1. The van der Waals surface area contributed by atoms with Gasteiger partial charge < -0.3 is 15.2 Å². The molecule has 0 amide bonds. The van der Waals surface area contributed by atoms with Crippen LogP contribution in [0.4, 0.5) is 14.6 Å². The number of benzene rings is 1. The van der Waals surface area contributed by atoms with Crippen molar-refractivity contribution in [2.45, 2.75) is 13.5 Å². The van der Waals surface area contributed by atoms with Gasteiger partial charge in [0.25, 0.3) is 0 Å². The Bertz CT molecular complexity index is 576. The number of nitrogens with two attached hydrogens (primary N) is 1. The Hall–Kier alpha value is -2.44. The standard InChI is InChI=1S/C13H13F2N3O2/c1-2-19-11-7-8(3-5-10(11)20-13(14)15)9-4-6-12(16)18-17-9/h3-7,13H,2H2,1H3,(H2,16,18). The van der Waals surface area contributed by atoms with Crippen LogP contribution in [-0.4, -0.2) is 23.4 Å². The Morgan fingerprint density at radius 3 is 2.55 bits per heavy atom. The van der Waals surface area contributed by atoms with E-state index in [0.717, 1.165) is 0 Å². The van der Waals surface area contributed by atoms with E-state index >= 15 is 0 Å². The van der Waals surface area contributed by atoms with Crippen molar-refractivity contribution in [2.75, 3.05) is 12.3 Å². The summed E-state index contributed by atoms with van der Waals surface area (Å²) in [5.74, 6) is 0.509. The quantitative estimate of drug-likeness (QED) is 0.912. The summed E-state index contributed by atoms with van der Waals surface area (Å²) in [7, 11) is 0. The minimum absolute atomic E-state index is 0.0194. The van der Waals surface area contributed by atoms with Crippen LogP contribution in [0.15, 0.2) is 30.3 Å². The van der Waals surface area contributed by atoms with Gasteiger partial charge in [0.1, 0.15) is 5.82 Å². The van der Waals surface area contributed by atoms with E-state index in [0.29, 0.717) is 23.7 Å². The first-order valence-electron chi connectivity index (χ1n) is 5.91. The molecule has 0 aliphatic rings. The number of hydrogen-bond acceptors (Lipinski definition) is 5. The zero-order valence-electron chi connectivity index (χ0n) is 10.7. The predicted octanol–water partition coefficient (Wildman–Crippen LogP) is 2.73. The average Bonchev–Trinajstić information content (AvgIpc) is 2.41. The van der Waals surface area contributed by atoms with E-state index in [-0.39, 0.29) is 11.5 Å². The third-order valence-electron chi connectivity index (χ3n) is 2.44. The molecule has 2 aromatic rings. The number of alkyl halides is 2. The van der Waals surface area contributed by atoms with E-state index in [2.05, 4.69) is 14.9 Å². The van der Waals surface area contributed by atoms with Crippen LogP contribution in [0, 0.1) is 0 Å². The molecule has 0 unspecified atom stereocenters. The third-order valence-corrected chi connectivity index (χ3v) is 2.44. The largest absolute Gasteiger partial charge is 0.490 e. The monoisotopic (exact) mass is 281 g/mol. The highest BCUT2D eigenvalue weighted by molar-refractivity contribution is 5.64. The smallest absolute Gasteiger partial charge is 0.387 e. The van der Waals surface area contributed by atoms with Crippen LogP contribution in [-0.2, 0) is 0 Å². The summed E-state index contributed by atoms with van der Waals surface area (Å²) in [6, 6.07) is 7.86. The van der Waals surface area contributed by atoms with Gasteiger partial charge >= 0.3 is 6.61 Å². The second-order valence-electron chi connectivity index (χ2n) is 3.82. The summed E-state index contributed by atoms with van der Waals surface area (Å²) in [6.07, 6.45) is 0. The Balaban J connectivity index is 2.36. The number of rotatable bonds is 5. The summed E-state index contributed by atoms with van der Waals surface area (Å²) >= 11 is 0. The molecule has 1 aromatic carbocycles. The lowest BCUT2D eigenvalue weighted by Gasteiger charge is -2.12. The van der Waals surface area contributed by atoms with Crippen LogP contribution < -0.4 is 15.2 Å². The van der Waals surface area contributed by atoms with Crippen molar-refractivity contribution in [3.05, 3.63) is 30.3 Å². The highest BCUT2D eigenvalue weighted by atomic mass is 19.3. The van der Waals surface area contributed by atoms with E-state index < -0.39 is 6.61 Å². The fraction of sp³-hybridized carbons (Fsp3) is 0.231. The van der Waals surface area contributed by atoms with Gasteiger partial charge in [-0.25, -0.2) is 0 Å². The molecule has 0 atom stereocenters. The van der Waals surface area contributed by atoms with Crippen molar-refractivity contribution < 1.29 is 18.3 Å². The Kier molecular flexibility index (Phi) is 4.29. The fourth-order valence-electron chi connectivity index (χ4n) is 1.63. The van der Waals surface area contributed by atoms with Crippen molar-refractivity contribution in [1.29, 1.82) is 0 Å².